The number of rotatable bonds is 3. The van der Waals surface area contributed by atoms with Gasteiger partial charge in [-0.3, -0.25) is 10.3 Å². The van der Waals surface area contributed by atoms with E-state index in [1.54, 1.807) is 17.0 Å². The Hall–Kier alpha value is -3.15. The zero-order valence-corrected chi connectivity index (χ0v) is 20.7. The number of halogens is 2. The van der Waals surface area contributed by atoms with Crippen molar-refractivity contribution in [1.29, 1.82) is 0 Å². The predicted octanol–water partition coefficient (Wildman–Crippen LogP) is 6.65. The van der Waals surface area contributed by atoms with Crippen molar-refractivity contribution in [3.8, 4) is 5.75 Å². The topological polar surface area (TPSA) is 44.8 Å². The molecule has 3 aromatic rings. The fraction of sp³-hybridized carbons (Fsp3) is 0.222. The van der Waals surface area contributed by atoms with E-state index in [4.69, 9.17) is 27.9 Å². The van der Waals surface area contributed by atoms with Crippen LogP contribution in [0.2, 0.25) is 10.0 Å². The van der Waals surface area contributed by atoms with Crippen LogP contribution in [0, 0.1) is 0 Å². The summed E-state index contributed by atoms with van der Waals surface area (Å²) in [6.45, 7) is 4.54. The third-order valence-corrected chi connectivity index (χ3v) is 6.65. The van der Waals surface area contributed by atoms with Crippen LogP contribution in [0.3, 0.4) is 0 Å². The molecular formula is C27H25Cl2N3O2. The van der Waals surface area contributed by atoms with Crippen LogP contribution in [0.5, 0.6) is 5.75 Å². The molecule has 5 nitrogen and oxygen atoms in total. The van der Waals surface area contributed by atoms with E-state index >= 15 is 0 Å². The summed E-state index contributed by atoms with van der Waals surface area (Å²) in [4.78, 5) is 15.2. The van der Waals surface area contributed by atoms with Crippen LogP contribution < -0.4 is 15.1 Å². The first-order valence-electron chi connectivity index (χ1n) is 11.1. The molecule has 174 valence electrons. The van der Waals surface area contributed by atoms with Gasteiger partial charge in [0.25, 0.3) is 0 Å². The molecule has 0 aromatic heterocycles. The van der Waals surface area contributed by atoms with Crippen LogP contribution in [0.25, 0.3) is 11.3 Å². The lowest BCUT2D eigenvalue weighted by Crippen LogP contribution is -2.45. The average molecular weight is 494 g/mol. The second kappa shape index (κ2) is 8.57. The Morgan fingerprint density at radius 3 is 2.24 bits per heavy atom. The molecule has 1 N–H and O–H groups in total. The van der Waals surface area contributed by atoms with Crippen molar-refractivity contribution in [2.45, 2.75) is 25.9 Å². The van der Waals surface area contributed by atoms with Crippen molar-refractivity contribution >= 4 is 46.2 Å². The highest BCUT2D eigenvalue weighted by molar-refractivity contribution is 6.31. The van der Waals surface area contributed by atoms with Crippen LogP contribution >= 0.6 is 23.2 Å². The third kappa shape index (κ3) is 4.33. The van der Waals surface area contributed by atoms with E-state index in [1.165, 1.54) is 0 Å². The van der Waals surface area contributed by atoms with Gasteiger partial charge >= 0.3 is 6.03 Å². The van der Waals surface area contributed by atoms with Crippen LogP contribution in [-0.4, -0.2) is 30.2 Å². The van der Waals surface area contributed by atoms with Gasteiger partial charge in [0, 0.05) is 40.3 Å². The van der Waals surface area contributed by atoms with Crippen molar-refractivity contribution in [2.24, 2.45) is 0 Å². The van der Waals surface area contributed by atoms with Gasteiger partial charge in [0.1, 0.15) is 11.4 Å². The molecule has 0 bridgehead atoms. The quantitative estimate of drug-likeness (QED) is 0.443. The van der Waals surface area contributed by atoms with Crippen molar-refractivity contribution in [1.82, 2.24) is 10.4 Å². The number of urea groups is 1. The largest absolute Gasteiger partial charge is 0.487 e. The summed E-state index contributed by atoms with van der Waals surface area (Å²) < 4.78 is 5.98. The first-order chi connectivity index (χ1) is 16.2. The summed E-state index contributed by atoms with van der Waals surface area (Å²) in [5.74, 6) is 0.880. The van der Waals surface area contributed by atoms with E-state index in [0.29, 0.717) is 16.6 Å². The number of nitrogens with zero attached hydrogens (tertiary/aromatic N) is 2. The fourth-order valence-electron chi connectivity index (χ4n) is 4.43. The Morgan fingerprint density at radius 1 is 0.971 bits per heavy atom. The lowest BCUT2D eigenvalue weighted by molar-refractivity contribution is 0.138. The minimum absolute atomic E-state index is 0.159. The second-order valence-corrected chi connectivity index (χ2v) is 10.1. The molecular weight excluding hydrogens is 469 g/mol. The van der Waals surface area contributed by atoms with Crippen LogP contribution in [0.4, 0.5) is 10.5 Å². The Labute approximate surface area is 209 Å². The number of carbonyl (C=O) groups excluding carboxylic acids is 1. The number of amides is 2. The smallest absolute Gasteiger partial charge is 0.343 e. The monoisotopic (exact) mass is 493 g/mol. The highest BCUT2D eigenvalue weighted by atomic mass is 35.5. The van der Waals surface area contributed by atoms with Crippen LogP contribution in [0.15, 0.2) is 66.7 Å². The average Bonchev–Trinajstić information content (AvgIpc) is 3.38. The van der Waals surface area contributed by atoms with Crippen molar-refractivity contribution < 1.29 is 9.53 Å². The molecule has 0 saturated heterocycles. The summed E-state index contributed by atoms with van der Waals surface area (Å²) in [5.41, 5.74) is 8.84. The molecule has 5 rings (SSSR count). The lowest BCUT2D eigenvalue weighted by Gasteiger charge is -2.26. The number of anilines is 1. The maximum Gasteiger partial charge on any atom is 0.343 e. The SMILES string of the molecule is CN(C(=O)N1CC(c2ccc(Cl)cc2)=C(c2ccc(Cl)cc2)N1)c1ccc2c(c1)CC(C)(C)O2. The Bertz CT molecular complexity index is 1230. The highest BCUT2D eigenvalue weighted by Crippen LogP contribution is 2.37. The zero-order valence-electron chi connectivity index (χ0n) is 19.2. The van der Waals surface area contributed by atoms with E-state index in [1.807, 2.05) is 66.7 Å². The molecule has 0 saturated carbocycles. The molecule has 2 aliphatic heterocycles. The maximum atomic E-state index is 13.5. The van der Waals surface area contributed by atoms with Gasteiger partial charge in [0.15, 0.2) is 0 Å². The normalized spacial score (nSPS) is 16.2. The molecule has 3 aromatic carbocycles. The molecule has 0 spiro atoms. The molecule has 0 fully saturated rings. The van der Waals surface area contributed by atoms with Gasteiger partial charge in [-0.2, -0.15) is 0 Å². The van der Waals surface area contributed by atoms with Crippen LogP contribution in [0.1, 0.15) is 30.5 Å². The first kappa shape index (κ1) is 22.6. The second-order valence-electron chi connectivity index (χ2n) is 9.24. The molecule has 0 radical (unpaired) electrons. The van der Waals surface area contributed by atoms with Gasteiger partial charge in [-0.15, -0.1) is 0 Å². The van der Waals surface area contributed by atoms with Gasteiger partial charge in [0.05, 0.1) is 12.2 Å². The minimum Gasteiger partial charge on any atom is -0.487 e. The van der Waals surface area contributed by atoms with E-state index in [9.17, 15) is 4.79 Å². The van der Waals surface area contributed by atoms with Gasteiger partial charge in [-0.1, -0.05) is 47.5 Å². The van der Waals surface area contributed by atoms with E-state index in [2.05, 4.69) is 19.3 Å². The van der Waals surface area contributed by atoms with Gasteiger partial charge in [0.2, 0.25) is 0 Å². The van der Waals surface area contributed by atoms with E-state index in [-0.39, 0.29) is 11.6 Å². The summed E-state index contributed by atoms with van der Waals surface area (Å²) in [5, 5.41) is 2.95. The molecule has 0 aliphatic carbocycles. The lowest BCUT2D eigenvalue weighted by atomic mass is 10.0. The molecule has 7 heteroatoms. The standard InChI is InChI=1S/C27H25Cl2N3O2/c1-27(2)15-19-14-22(12-13-24(19)34-27)31(3)26(33)32-16-23(17-4-8-20(28)9-5-17)25(30-32)18-6-10-21(29)11-7-18/h4-14,30H,15-16H2,1-3H3. The Morgan fingerprint density at radius 2 is 1.59 bits per heavy atom. The number of nitrogens with one attached hydrogen (secondary N) is 1. The molecule has 2 heterocycles. The minimum atomic E-state index is -0.231. The number of fused-ring (bicyclic) bond motifs is 1. The van der Waals surface area contributed by atoms with Gasteiger partial charge < -0.3 is 4.74 Å². The molecule has 2 aliphatic rings. The van der Waals surface area contributed by atoms with Gasteiger partial charge in [-0.25, -0.2) is 9.80 Å². The third-order valence-electron chi connectivity index (χ3n) is 6.14. The number of hydrazine groups is 1. The number of benzene rings is 3. The fourth-order valence-corrected chi connectivity index (χ4v) is 4.68. The number of hydrogen-bond donors (Lipinski definition) is 1. The van der Waals surface area contributed by atoms with Crippen molar-refractivity contribution in [3.05, 3.63) is 93.5 Å². The molecule has 0 unspecified atom stereocenters. The predicted molar refractivity (Wildman–Crippen MR) is 138 cm³/mol. The van der Waals surface area contributed by atoms with Gasteiger partial charge in [-0.05, 0) is 67.4 Å². The van der Waals surface area contributed by atoms with Crippen molar-refractivity contribution in [2.75, 3.05) is 18.5 Å². The maximum absolute atomic E-state index is 13.5. The summed E-state index contributed by atoms with van der Waals surface area (Å²) >= 11 is 12.2. The number of hydrogen-bond acceptors (Lipinski definition) is 3. The number of ether oxygens (including phenoxy) is 1. The summed E-state index contributed by atoms with van der Waals surface area (Å²) in [6.07, 6.45) is 0.809. The Balaban J connectivity index is 1.42. The van der Waals surface area contributed by atoms with E-state index in [0.717, 1.165) is 45.8 Å². The molecule has 2 amide bonds. The highest BCUT2D eigenvalue weighted by Gasteiger charge is 2.32. The number of carbonyl (C=O) groups is 1. The van der Waals surface area contributed by atoms with E-state index < -0.39 is 0 Å². The zero-order chi connectivity index (χ0) is 24.0. The van der Waals surface area contributed by atoms with Crippen LogP contribution in [-0.2, 0) is 6.42 Å². The first-order valence-corrected chi connectivity index (χ1v) is 11.8. The molecule has 34 heavy (non-hydrogen) atoms. The van der Waals surface area contributed by atoms with Crippen molar-refractivity contribution in [3.63, 3.8) is 0 Å². The molecule has 0 atom stereocenters. The summed E-state index contributed by atoms with van der Waals surface area (Å²) in [7, 11) is 1.79. The summed E-state index contributed by atoms with van der Waals surface area (Å²) in [6, 6.07) is 21.0. The Kier molecular flexibility index (Phi) is 5.70.